The summed E-state index contributed by atoms with van der Waals surface area (Å²) in [6.45, 7) is 3.89. The number of H-pyrrole nitrogens is 1. The Kier molecular flexibility index (Phi) is 2.32. The summed E-state index contributed by atoms with van der Waals surface area (Å²) >= 11 is 5.68. The van der Waals surface area contributed by atoms with E-state index < -0.39 is 0 Å². The van der Waals surface area contributed by atoms with E-state index in [4.69, 9.17) is 16.3 Å². The summed E-state index contributed by atoms with van der Waals surface area (Å²) < 4.78 is 5.27. The molecule has 0 saturated carbocycles. The van der Waals surface area contributed by atoms with Crippen molar-refractivity contribution in [3.8, 4) is 5.88 Å². The van der Waals surface area contributed by atoms with E-state index in [1.165, 1.54) is 6.33 Å². The summed E-state index contributed by atoms with van der Waals surface area (Å²) in [5, 5.41) is 0.126. The number of halogens is 1. The molecule has 0 aliphatic heterocycles. The fraction of sp³-hybridized carbons (Fsp3) is 0.125. The topological polar surface area (TPSA) is 63.7 Å². The number of hydrogen-bond donors (Lipinski definition) is 1. The second-order valence-corrected chi connectivity index (χ2v) is 2.84. The molecule has 0 aliphatic carbocycles. The van der Waals surface area contributed by atoms with Crippen LogP contribution in [0, 0.1) is 0 Å². The van der Waals surface area contributed by atoms with Crippen LogP contribution in [0.3, 0.4) is 0 Å². The fourth-order valence-corrected chi connectivity index (χ4v) is 1.18. The average molecular weight is 211 g/mol. The van der Waals surface area contributed by atoms with Gasteiger partial charge in [0.2, 0.25) is 11.2 Å². The van der Waals surface area contributed by atoms with E-state index in [0.717, 1.165) is 0 Å². The van der Waals surface area contributed by atoms with E-state index in [9.17, 15) is 0 Å². The maximum atomic E-state index is 5.68. The van der Waals surface area contributed by atoms with Gasteiger partial charge in [-0.05, 0) is 11.6 Å². The molecule has 2 aromatic rings. The Morgan fingerprint density at radius 1 is 1.57 bits per heavy atom. The molecule has 0 amide bonds. The Labute approximate surface area is 84.8 Å². The van der Waals surface area contributed by atoms with Crippen LogP contribution in [0.2, 0.25) is 5.28 Å². The highest BCUT2D eigenvalue weighted by atomic mass is 35.5. The lowest BCUT2D eigenvalue weighted by atomic mass is 10.5. The molecule has 5 nitrogen and oxygen atoms in total. The quantitative estimate of drug-likeness (QED) is 0.617. The molecule has 0 spiro atoms. The van der Waals surface area contributed by atoms with Gasteiger partial charge in [0.15, 0.2) is 11.2 Å². The fourth-order valence-electron chi connectivity index (χ4n) is 1.02. The minimum Gasteiger partial charge on any atom is -0.472 e. The zero-order valence-electron chi connectivity index (χ0n) is 7.20. The average Bonchev–Trinajstić information content (AvgIpc) is 2.61. The lowest BCUT2D eigenvalue weighted by molar-refractivity contribution is 0.352. The summed E-state index contributed by atoms with van der Waals surface area (Å²) in [5.41, 5.74) is 1.13. The predicted octanol–water partition coefficient (Wildman–Crippen LogP) is 1.57. The van der Waals surface area contributed by atoms with Crippen LogP contribution in [0.25, 0.3) is 11.2 Å². The minimum absolute atomic E-state index is 0.126. The van der Waals surface area contributed by atoms with Gasteiger partial charge in [0.25, 0.3) is 0 Å². The number of aromatic nitrogens is 4. The van der Waals surface area contributed by atoms with Crippen molar-refractivity contribution in [3.63, 3.8) is 0 Å². The summed E-state index contributed by atoms with van der Waals surface area (Å²) in [7, 11) is 0. The van der Waals surface area contributed by atoms with E-state index in [-0.39, 0.29) is 5.28 Å². The molecule has 2 heterocycles. The second kappa shape index (κ2) is 3.63. The van der Waals surface area contributed by atoms with Crippen LogP contribution >= 0.6 is 11.6 Å². The lowest BCUT2D eigenvalue weighted by Crippen LogP contribution is -1.98. The molecule has 1 N–H and O–H groups in total. The third kappa shape index (κ3) is 1.54. The van der Waals surface area contributed by atoms with E-state index in [1.807, 2.05) is 0 Å². The first-order valence-corrected chi connectivity index (χ1v) is 4.29. The maximum absolute atomic E-state index is 5.68. The van der Waals surface area contributed by atoms with Crippen LogP contribution in [0.5, 0.6) is 5.88 Å². The molecule has 0 atom stereocenters. The highest BCUT2D eigenvalue weighted by molar-refractivity contribution is 6.28. The normalized spacial score (nSPS) is 10.4. The predicted molar refractivity (Wildman–Crippen MR) is 52.4 cm³/mol. The number of nitrogens with zero attached hydrogens (tertiary/aromatic N) is 3. The first kappa shape index (κ1) is 8.96. The van der Waals surface area contributed by atoms with E-state index in [2.05, 4.69) is 26.5 Å². The van der Waals surface area contributed by atoms with E-state index >= 15 is 0 Å². The number of nitrogens with one attached hydrogen (secondary N) is 1. The van der Waals surface area contributed by atoms with Crippen molar-refractivity contribution in [2.24, 2.45) is 0 Å². The van der Waals surface area contributed by atoms with Crippen molar-refractivity contribution in [2.75, 3.05) is 6.61 Å². The van der Waals surface area contributed by atoms with Gasteiger partial charge in [-0.3, -0.25) is 0 Å². The summed E-state index contributed by atoms with van der Waals surface area (Å²) in [4.78, 5) is 14.7. The van der Waals surface area contributed by atoms with Crippen molar-refractivity contribution in [3.05, 3.63) is 24.3 Å². The molecule has 14 heavy (non-hydrogen) atoms. The highest BCUT2D eigenvalue weighted by Crippen LogP contribution is 2.20. The molecule has 0 saturated heterocycles. The van der Waals surface area contributed by atoms with Crippen molar-refractivity contribution >= 4 is 22.8 Å². The Balaban J connectivity index is 2.49. The smallest absolute Gasteiger partial charge is 0.247 e. The Hall–Kier alpha value is -1.62. The lowest BCUT2D eigenvalue weighted by Gasteiger charge is -2.01. The van der Waals surface area contributed by atoms with E-state index in [1.54, 1.807) is 6.08 Å². The Morgan fingerprint density at radius 2 is 2.43 bits per heavy atom. The van der Waals surface area contributed by atoms with Gasteiger partial charge in [0.05, 0.1) is 6.33 Å². The van der Waals surface area contributed by atoms with Gasteiger partial charge in [0, 0.05) is 0 Å². The molecule has 72 valence electrons. The molecule has 6 heteroatoms. The van der Waals surface area contributed by atoms with Crippen molar-refractivity contribution in [1.82, 2.24) is 19.9 Å². The van der Waals surface area contributed by atoms with Crippen LogP contribution in [-0.4, -0.2) is 26.5 Å². The zero-order valence-corrected chi connectivity index (χ0v) is 7.95. The molecule has 0 unspecified atom stereocenters. The third-order valence-corrected chi connectivity index (χ3v) is 1.73. The number of fused-ring (bicyclic) bond motifs is 1. The Bertz CT molecular complexity index is 467. The monoisotopic (exact) mass is 210 g/mol. The molecular formula is C8H7ClN4O. The summed E-state index contributed by atoms with van der Waals surface area (Å²) in [5.74, 6) is 0.362. The molecule has 2 aromatic heterocycles. The largest absolute Gasteiger partial charge is 0.472 e. The molecule has 0 radical (unpaired) electrons. The van der Waals surface area contributed by atoms with Crippen LogP contribution in [0.1, 0.15) is 0 Å². The van der Waals surface area contributed by atoms with Gasteiger partial charge >= 0.3 is 0 Å². The highest BCUT2D eigenvalue weighted by Gasteiger charge is 2.09. The standard InChI is InChI=1S/C8H7ClN4O/c1-2-3-14-7-5-6(11-4-10-5)12-8(9)13-7/h2,4H,1,3H2,(H,10,11,12,13). The van der Waals surface area contributed by atoms with Crippen LogP contribution < -0.4 is 4.74 Å². The van der Waals surface area contributed by atoms with Crippen LogP contribution in [0.4, 0.5) is 0 Å². The van der Waals surface area contributed by atoms with Crippen LogP contribution in [0.15, 0.2) is 19.0 Å². The zero-order chi connectivity index (χ0) is 9.97. The molecule has 0 fully saturated rings. The van der Waals surface area contributed by atoms with Gasteiger partial charge in [-0.25, -0.2) is 4.98 Å². The Morgan fingerprint density at radius 3 is 3.21 bits per heavy atom. The summed E-state index contributed by atoms with van der Waals surface area (Å²) in [6.07, 6.45) is 3.13. The van der Waals surface area contributed by atoms with Gasteiger partial charge in [-0.2, -0.15) is 9.97 Å². The first-order valence-electron chi connectivity index (χ1n) is 3.91. The van der Waals surface area contributed by atoms with Crippen molar-refractivity contribution in [1.29, 1.82) is 0 Å². The molecular weight excluding hydrogens is 204 g/mol. The molecule has 2 rings (SSSR count). The van der Waals surface area contributed by atoms with Gasteiger partial charge < -0.3 is 9.72 Å². The second-order valence-electron chi connectivity index (χ2n) is 2.50. The minimum atomic E-state index is 0.126. The first-order chi connectivity index (χ1) is 6.81. The van der Waals surface area contributed by atoms with Crippen LogP contribution in [-0.2, 0) is 0 Å². The molecule has 0 bridgehead atoms. The summed E-state index contributed by atoms with van der Waals surface area (Å²) in [6, 6.07) is 0. The van der Waals surface area contributed by atoms with Gasteiger partial charge in [0.1, 0.15) is 6.61 Å². The van der Waals surface area contributed by atoms with Gasteiger partial charge in [-0.1, -0.05) is 12.7 Å². The molecule has 0 aliphatic rings. The number of hydrogen-bond acceptors (Lipinski definition) is 4. The number of imidazole rings is 1. The number of rotatable bonds is 3. The van der Waals surface area contributed by atoms with Gasteiger partial charge in [-0.15, -0.1) is 0 Å². The maximum Gasteiger partial charge on any atom is 0.247 e. The van der Waals surface area contributed by atoms with Crippen molar-refractivity contribution < 1.29 is 4.74 Å². The third-order valence-electron chi connectivity index (χ3n) is 1.56. The number of ether oxygens (including phenoxy) is 1. The number of aromatic amines is 1. The molecule has 0 aromatic carbocycles. The van der Waals surface area contributed by atoms with E-state index in [0.29, 0.717) is 23.7 Å². The van der Waals surface area contributed by atoms with Crippen molar-refractivity contribution in [2.45, 2.75) is 0 Å². The SMILES string of the molecule is C=CCOc1nc(Cl)nc2[nH]cnc12.